The van der Waals surface area contributed by atoms with Gasteiger partial charge in [-0.2, -0.15) is 0 Å². The van der Waals surface area contributed by atoms with E-state index in [1.54, 1.807) is 0 Å². The third-order valence-electron chi connectivity index (χ3n) is 2.27. The van der Waals surface area contributed by atoms with Crippen LogP contribution in [0, 0.1) is 0 Å². The van der Waals surface area contributed by atoms with Crippen molar-refractivity contribution < 1.29 is 9.59 Å². The summed E-state index contributed by atoms with van der Waals surface area (Å²) in [5, 5.41) is 2.31. The van der Waals surface area contributed by atoms with Crippen molar-refractivity contribution >= 4 is 27.7 Å². The molecule has 0 aromatic heterocycles. The maximum Gasteiger partial charge on any atom is 0.255 e. The molecule has 4 heteroatoms. The largest absolute Gasteiger partial charge is 0.289 e. The van der Waals surface area contributed by atoms with Crippen LogP contribution >= 0.6 is 15.9 Å². The second-order valence-corrected chi connectivity index (χ2v) is 4.14. The van der Waals surface area contributed by atoms with Crippen molar-refractivity contribution in [1.82, 2.24) is 5.32 Å². The molecule has 0 saturated carbocycles. The molecule has 12 heavy (non-hydrogen) atoms. The molecule has 0 aromatic carbocycles. The lowest BCUT2D eigenvalue weighted by Gasteiger charge is -2.15. The first-order valence-corrected chi connectivity index (χ1v) is 4.84. The Bertz CT molecular complexity index is 295. The fourth-order valence-corrected chi connectivity index (χ4v) is 2.50. The first kappa shape index (κ1) is 7.98. The van der Waals surface area contributed by atoms with Crippen LogP contribution in [0.4, 0.5) is 0 Å². The van der Waals surface area contributed by atoms with Gasteiger partial charge in [0.2, 0.25) is 0 Å². The SMILES string of the molecule is O=C1NC(=O)C2=C1CCC[C@H]2Br. The van der Waals surface area contributed by atoms with Crippen LogP contribution in [0.2, 0.25) is 0 Å². The number of hydrogen-bond donors (Lipinski definition) is 1. The highest BCUT2D eigenvalue weighted by atomic mass is 79.9. The van der Waals surface area contributed by atoms with Crippen LogP contribution in [0.1, 0.15) is 19.3 Å². The highest BCUT2D eigenvalue weighted by molar-refractivity contribution is 9.09. The number of amides is 2. The van der Waals surface area contributed by atoms with Gasteiger partial charge in [0, 0.05) is 16.0 Å². The van der Waals surface area contributed by atoms with Crippen LogP contribution in [0.5, 0.6) is 0 Å². The van der Waals surface area contributed by atoms with Gasteiger partial charge in [0.25, 0.3) is 11.8 Å². The number of nitrogens with one attached hydrogen (secondary N) is 1. The number of alkyl halides is 1. The fourth-order valence-electron chi connectivity index (χ4n) is 1.69. The van der Waals surface area contributed by atoms with E-state index in [0.29, 0.717) is 11.1 Å². The predicted octanol–water partition coefficient (Wildman–Crippen LogP) is 0.887. The fraction of sp³-hybridized carbons (Fsp3) is 0.500. The van der Waals surface area contributed by atoms with Gasteiger partial charge in [-0.1, -0.05) is 15.9 Å². The average Bonchev–Trinajstić information content (AvgIpc) is 2.29. The summed E-state index contributed by atoms with van der Waals surface area (Å²) in [6, 6.07) is 0. The van der Waals surface area contributed by atoms with E-state index < -0.39 is 0 Å². The predicted molar refractivity (Wildman–Crippen MR) is 46.7 cm³/mol. The van der Waals surface area contributed by atoms with Gasteiger partial charge in [-0.15, -0.1) is 0 Å². The lowest BCUT2D eigenvalue weighted by Crippen LogP contribution is -2.24. The highest BCUT2D eigenvalue weighted by Crippen LogP contribution is 2.33. The summed E-state index contributed by atoms with van der Waals surface area (Å²) in [7, 11) is 0. The molecule has 2 aliphatic rings. The van der Waals surface area contributed by atoms with E-state index in [4.69, 9.17) is 0 Å². The molecule has 3 nitrogen and oxygen atoms in total. The Balaban J connectivity index is 2.44. The maximum atomic E-state index is 11.2. The number of halogens is 1. The monoisotopic (exact) mass is 229 g/mol. The van der Waals surface area contributed by atoms with Gasteiger partial charge in [0.1, 0.15) is 0 Å². The topological polar surface area (TPSA) is 46.2 Å². The first-order chi connectivity index (χ1) is 5.70. The van der Waals surface area contributed by atoms with Crippen LogP contribution in [0.25, 0.3) is 0 Å². The number of carbonyl (C=O) groups excluding carboxylic acids is 2. The second-order valence-electron chi connectivity index (χ2n) is 3.04. The van der Waals surface area contributed by atoms with E-state index in [-0.39, 0.29) is 16.6 Å². The van der Waals surface area contributed by atoms with Gasteiger partial charge < -0.3 is 0 Å². The molecular weight excluding hydrogens is 222 g/mol. The van der Waals surface area contributed by atoms with Gasteiger partial charge in [0.15, 0.2) is 0 Å². The van der Waals surface area contributed by atoms with Crippen LogP contribution in [-0.2, 0) is 9.59 Å². The summed E-state index contributed by atoms with van der Waals surface area (Å²) >= 11 is 3.39. The smallest absolute Gasteiger partial charge is 0.255 e. The lowest BCUT2D eigenvalue weighted by molar-refractivity contribution is -0.124. The highest BCUT2D eigenvalue weighted by Gasteiger charge is 2.35. The maximum absolute atomic E-state index is 11.2. The summed E-state index contributed by atoms with van der Waals surface area (Å²) in [4.78, 5) is 22.4. The van der Waals surface area contributed by atoms with E-state index in [9.17, 15) is 9.59 Å². The Hall–Kier alpha value is -0.640. The van der Waals surface area contributed by atoms with Crippen molar-refractivity contribution in [3.63, 3.8) is 0 Å². The molecule has 64 valence electrons. The van der Waals surface area contributed by atoms with Crippen LogP contribution in [0.3, 0.4) is 0 Å². The van der Waals surface area contributed by atoms with Gasteiger partial charge in [-0.05, 0) is 19.3 Å². The molecule has 0 spiro atoms. The van der Waals surface area contributed by atoms with Crippen molar-refractivity contribution in [2.45, 2.75) is 24.1 Å². The minimum absolute atomic E-state index is 0.0766. The van der Waals surface area contributed by atoms with Crippen LogP contribution < -0.4 is 5.32 Å². The van der Waals surface area contributed by atoms with Crippen molar-refractivity contribution in [3.8, 4) is 0 Å². The Kier molecular flexibility index (Phi) is 1.79. The number of hydrogen-bond acceptors (Lipinski definition) is 2. The van der Waals surface area contributed by atoms with Crippen LogP contribution in [-0.4, -0.2) is 16.6 Å². The van der Waals surface area contributed by atoms with Crippen molar-refractivity contribution in [2.75, 3.05) is 0 Å². The van der Waals surface area contributed by atoms with Gasteiger partial charge >= 0.3 is 0 Å². The Morgan fingerprint density at radius 3 is 2.75 bits per heavy atom. The summed E-state index contributed by atoms with van der Waals surface area (Å²) < 4.78 is 0. The number of rotatable bonds is 0. The number of carbonyl (C=O) groups is 2. The molecule has 1 aliphatic heterocycles. The Labute approximate surface area is 78.3 Å². The molecule has 0 bridgehead atoms. The summed E-state index contributed by atoms with van der Waals surface area (Å²) in [6.07, 6.45) is 2.67. The zero-order chi connectivity index (χ0) is 8.72. The summed E-state index contributed by atoms with van der Waals surface area (Å²) in [6.45, 7) is 0. The minimum atomic E-state index is -0.212. The molecule has 1 aliphatic carbocycles. The third-order valence-corrected chi connectivity index (χ3v) is 3.18. The van der Waals surface area contributed by atoms with Gasteiger partial charge in [-0.3, -0.25) is 14.9 Å². The van der Waals surface area contributed by atoms with Gasteiger partial charge in [0.05, 0.1) is 0 Å². The van der Waals surface area contributed by atoms with Gasteiger partial charge in [-0.25, -0.2) is 0 Å². The molecule has 0 saturated heterocycles. The van der Waals surface area contributed by atoms with Crippen LogP contribution in [0.15, 0.2) is 11.1 Å². The standard InChI is InChI=1S/C8H8BrNO2/c9-5-3-1-2-4-6(5)8(12)10-7(4)11/h5H,1-3H2,(H,10,11,12)/t5-/m1/s1. The van der Waals surface area contributed by atoms with E-state index in [1.165, 1.54) is 0 Å². The van der Waals surface area contributed by atoms with Crippen molar-refractivity contribution in [2.24, 2.45) is 0 Å². The lowest BCUT2D eigenvalue weighted by atomic mass is 9.93. The summed E-state index contributed by atoms with van der Waals surface area (Å²) in [5.74, 6) is -0.407. The molecule has 2 rings (SSSR count). The van der Waals surface area contributed by atoms with Crippen molar-refractivity contribution in [1.29, 1.82) is 0 Å². The molecule has 0 unspecified atom stereocenters. The van der Waals surface area contributed by atoms with E-state index in [0.717, 1.165) is 19.3 Å². The molecule has 0 fully saturated rings. The zero-order valence-electron chi connectivity index (χ0n) is 6.39. The minimum Gasteiger partial charge on any atom is -0.289 e. The normalized spacial score (nSPS) is 28.9. The Morgan fingerprint density at radius 2 is 2.08 bits per heavy atom. The zero-order valence-corrected chi connectivity index (χ0v) is 7.98. The average molecular weight is 230 g/mol. The summed E-state index contributed by atoms with van der Waals surface area (Å²) in [5.41, 5.74) is 1.35. The first-order valence-electron chi connectivity index (χ1n) is 3.93. The van der Waals surface area contributed by atoms with Crippen molar-refractivity contribution in [3.05, 3.63) is 11.1 Å². The van der Waals surface area contributed by atoms with E-state index in [1.807, 2.05) is 0 Å². The molecule has 1 heterocycles. The van der Waals surface area contributed by atoms with E-state index >= 15 is 0 Å². The molecule has 0 aromatic rings. The molecule has 2 amide bonds. The quantitative estimate of drug-likeness (QED) is 0.496. The van der Waals surface area contributed by atoms with E-state index in [2.05, 4.69) is 21.2 Å². The Morgan fingerprint density at radius 1 is 1.33 bits per heavy atom. The number of imide groups is 1. The second kappa shape index (κ2) is 2.69. The molecule has 1 N–H and O–H groups in total. The molecule has 0 radical (unpaired) electrons. The molecule has 1 atom stereocenters. The third kappa shape index (κ3) is 1.02. The molecular formula is C8H8BrNO2.